The van der Waals surface area contributed by atoms with Crippen LogP contribution in [0.2, 0.25) is 0 Å². The van der Waals surface area contributed by atoms with Crippen molar-refractivity contribution < 1.29 is 0 Å². The fraction of sp³-hybridized carbons (Fsp3) is 0.111. The molecule has 1 unspecified atom stereocenters. The van der Waals surface area contributed by atoms with Gasteiger partial charge in [0.1, 0.15) is 0 Å². The molecule has 0 amide bonds. The summed E-state index contributed by atoms with van der Waals surface area (Å²) >= 11 is 0. The second kappa shape index (κ2) is 3.54. The zero-order valence-corrected chi connectivity index (χ0v) is 11.0. The summed E-state index contributed by atoms with van der Waals surface area (Å²) < 4.78 is 0. The minimum Gasteiger partial charge on any atom is -0.377 e. The molecule has 0 saturated heterocycles. The number of benzene rings is 2. The van der Waals surface area contributed by atoms with Gasteiger partial charge >= 0.3 is 0 Å². The highest BCUT2D eigenvalue weighted by Gasteiger charge is 2.28. The standard InChI is InChI=1S/C18H14N2/c1-3-7-14-11(5-1)12-9-10-16-17(18(12)20-14)13-6-2-4-8-15(13)19-16/h1-6,8-10,14,19-20H,7H2. The number of fused-ring (bicyclic) bond motifs is 7. The van der Waals surface area contributed by atoms with Gasteiger partial charge in [0.25, 0.3) is 0 Å². The third kappa shape index (κ3) is 1.19. The zero-order valence-electron chi connectivity index (χ0n) is 11.0. The van der Waals surface area contributed by atoms with Crippen LogP contribution in [0.1, 0.15) is 12.0 Å². The minimum atomic E-state index is 0.439. The Labute approximate surface area is 116 Å². The maximum Gasteiger partial charge on any atom is 0.0555 e. The molecule has 1 aliphatic heterocycles. The molecule has 96 valence electrons. The molecule has 1 aromatic heterocycles. The largest absolute Gasteiger partial charge is 0.377 e. The maximum absolute atomic E-state index is 3.72. The predicted octanol–water partition coefficient (Wildman–Crippen LogP) is 4.46. The molecule has 2 nitrogen and oxygen atoms in total. The maximum atomic E-state index is 3.72. The molecule has 2 heteroatoms. The Morgan fingerprint density at radius 2 is 1.95 bits per heavy atom. The Hall–Kier alpha value is -2.48. The van der Waals surface area contributed by atoms with Gasteiger partial charge < -0.3 is 10.3 Å². The first kappa shape index (κ1) is 10.3. The lowest BCUT2D eigenvalue weighted by atomic mass is 9.95. The summed E-state index contributed by atoms with van der Waals surface area (Å²) in [5.41, 5.74) is 6.50. The number of allylic oxidation sites excluding steroid dienone is 2. The van der Waals surface area contributed by atoms with Crippen molar-refractivity contribution in [1.82, 2.24) is 4.98 Å². The number of nitrogens with one attached hydrogen (secondary N) is 2. The van der Waals surface area contributed by atoms with Crippen LogP contribution in [0.5, 0.6) is 0 Å². The number of hydrogen-bond acceptors (Lipinski definition) is 1. The number of hydrogen-bond donors (Lipinski definition) is 2. The molecular formula is C18H14N2. The van der Waals surface area contributed by atoms with Crippen LogP contribution in [0, 0.1) is 0 Å². The highest BCUT2D eigenvalue weighted by atomic mass is 15.0. The molecular weight excluding hydrogens is 244 g/mol. The number of H-pyrrole nitrogens is 1. The van der Waals surface area contributed by atoms with E-state index in [2.05, 4.69) is 64.9 Å². The zero-order chi connectivity index (χ0) is 13.1. The van der Waals surface area contributed by atoms with Crippen LogP contribution in [0.3, 0.4) is 0 Å². The van der Waals surface area contributed by atoms with E-state index in [1.165, 1.54) is 38.6 Å². The molecule has 3 aromatic rings. The van der Waals surface area contributed by atoms with Crippen LogP contribution in [0.4, 0.5) is 5.69 Å². The lowest BCUT2D eigenvalue weighted by Crippen LogP contribution is -2.14. The van der Waals surface area contributed by atoms with Crippen LogP contribution in [0.15, 0.2) is 54.6 Å². The summed E-state index contributed by atoms with van der Waals surface area (Å²) in [6, 6.07) is 13.4. The molecule has 20 heavy (non-hydrogen) atoms. The first-order chi connectivity index (χ1) is 9.92. The summed E-state index contributed by atoms with van der Waals surface area (Å²) in [5.74, 6) is 0. The van der Waals surface area contributed by atoms with Crippen molar-refractivity contribution in [2.75, 3.05) is 5.32 Å². The highest BCUT2D eigenvalue weighted by Crippen LogP contribution is 2.44. The Balaban J connectivity index is 1.91. The fourth-order valence-corrected chi connectivity index (χ4v) is 3.55. The van der Waals surface area contributed by atoms with Crippen molar-refractivity contribution in [3.8, 4) is 0 Å². The fourth-order valence-electron chi connectivity index (χ4n) is 3.55. The van der Waals surface area contributed by atoms with Gasteiger partial charge in [0.2, 0.25) is 0 Å². The number of rotatable bonds is 0. The van der Waals surface area contributed by atoms with Crippen molar-refractivity contribution in [3.63, 3.8) is 0 Å². The van der Waals surface area contributed by atoms with E-state index in [-0.39, 0.29) is 0 Å². The molecule has 1 atom stereocenters. The molecule has 0 spiro atoms. The topological polar surface area (TPSA) is 27.8 Å². The van der Waals surface area contributed by atoms with Gasteiger partial charge in [0, 0.05) is 27.4 Å². The van der Waals surface area contributed by atoms with Crippen LogP contribution < -0.4 is 5.32 Å². The number of aromatic amines is 1. The van der Waals surface area contributed by atoms with Gasteiger partial charge in [-0.25, -0.2) is 0 Å². The SMILES string of the molecule is C1=CCC2Nc3c(ccc4[nH]c5ccccc5c34)C2=C1. The number of anilines is 1. The van der Waals surface area contributed by atoms with E-state index in [0.29, 0.717) is 6.04 Å². The number of aromatic nitrogens is 1. The summed E-state index contributed by atoms with van der Waals surface area (Å²) in [7, 11) is 0. The molecule has 0 fully saturated rings. The summed E-state index contributed by atoms with van der Waals surface area (Å²) in [6.07, 6.45) is 7.72. The van der Waals surface area contributed by atoms with Crippen molar-refractivity contribution in [2.45, 2.75) is 12.5 Å². The Morgan fingerprint density at radius 1 is 1.00 bits per heavy atom. The van der Waals surface area contributed by atoms with Gasteiger partial charge in [0.05, 0.1) is 11.7 Å². The lowest BCUT2D eigenvalue weighted by molar-refractivity contribution is 0.929. The second-order valence-corrected chi connectivity index (χ2v) is 5.56. The molecule has 0 bridgehead atoms. The Kier molecular flexibility index (Phi) is 1.83. The molecule has 0 saturated carbocycles. The molecule has 2 heterocycles. The average Bonchev–Trinajstić information content (AvgIpc) is 3.04. The van der Waals surface area contributed by atoms with Gasteiger partial charge in [-0.3, -0.25) is 0 Å². The molecule has 2 N–H and O–H groups in total. The van der Waals surface area contributed by atoms with E-state index in [1.54, 1.807) is 0 Å². The van der Waals surface area contributed by atoms with Crippen molar-refractivity contribution in [2.24, 2.45) is 0 Å². The van der Waals surface area contributed by atoms with Gasteiger partial charge in [-0.15, -0.1) is 0 Å². The first-order valence-electron chi connectivity index (χ1n) is 7.09. The molecule has 5 rings (SSSR count). The molecule has 2 aromatic carbocycles. The molecule has 2 aliphatic rings. The normalized spacial score (nSPS) is 19.8. The van der Waals surface area contributed by atoms with Gasteiger partial charge in [-0.05, 0) is 24.1 Å². The Bertz CT molecular complexity index is 912. The van der Waals surface area contributed by atoms with Gasteiger partial charge in [-0.1, -0.05) is 42.5 Å². The van der Waals surface area contributed by atoms with E-state index in [9.17, 15) is 0 Å². The summed E-state index contributed by atoms with van der Waals surface area (Å²) in [6.45, 7) is 0. The third-order valence-electron chi connectivity index (χ3n) is 4.46. The van der Waals surface area contributed by atoms with Gasteiger partial charge in [-0.2, -0.15) is 0 Å². The summed E-state index contributed by atoms with van der Waals surface area (Å²) in [5, 5.41) is 6.35. The minimum absolute atomic E-state index is 0.439. The van der Waals surface area contributed by atoms with Gasteiger partial charge in [0.15, 0.2) is 0 Å². The van der Waals surface area contributed by atoms with E-state index >= 15 is 0 Å². The highest BCUT2D eigenvalue weighted by molar-refractivity contribution is 6.17. The molecule has 1 aliphatic carbocycles. The van der Waals surface area contributed by atoms with Crippen molar-refractivity contribution in [3.05, 3.63) is 60.2 Å². The smallest absolute Gasteiger partial charge is 0.0555 e. The quantitative estimate of drug-likeness (QED) is 0.612. The monoisotopic (exact) mass is 258 g/mol. The van der Waals surface area contributed by atoms with E-state index < -0.39 is 0 Å². The van der Waals surface area contributed by atoms with E-state index in [4.69, 9.17) is 0 Å². The predicted molar refractivity (Wildman–Crippen MR) is 84.9 cm³/mol. The second-order valence-electron chi connectivity index (χ2n) is 5.56. The molecule has 0 radical (unpaired) electrons. The van der Waals surface area contributed by atoms with Crippen molar-refractivity contribution >= 4 is 33.1 Å². The van der Waals surface area contributed by atoms with E-state index in [1.807, 2.05) is 0 Å². The van der Waals surface area contributed by atoms with Crippen LogP contribution in [-0.4, -0.2) is 11.0 Å². The lowest BCUT2D eigenvalue weighted by Gasteiger charge is -2.13. The van der Waals surface area contributed by atoms with E-state index in [0.717, 1.165) is 6.42 Å². The average molecular weight is 258 g/mol. The van der Waals surface area contributed by atoms with Crippen LogP contribution in [-0.2, 0) is 0 Å². The van der Waals surface area contributed by atoms with Crippen LogP contribution in [0.25, 0.3) is 27.4 Å². The third-order valence-corrected chi connectivity index (χ3v) is 4.46. The van der Waals surface area contributed by atoms with Crippen LogP contribution >= 0.6 is 0 Å². The first-order valence-corrected chi connectivity index (χ1v) is 7.09. The van der Waals surface area contributed by atoms with Crippen molar-refractivity contribution in [1.29, 1.82) is 0 Å². The number of para-hydroxylation sites is 1. The summed E-state index contributed by atoms with van der Waals surface area (Å²) in [4.78, 5) is 3.51. The Morgan fingerprint density at radius 3 is 2.95 bits per heavy atom.